The number of hydrogen-bond donors (Lipinski definition) is 3. The van der Waals surface area contributed by atoms with E-state index in [4.69, 9.17) is 16.6 Å². The molecular weight excluding hydrogens is 220 g/mol. The van der Waals surface area contributed by atoms with Crippen molar-refractivity contribution in [3.8, 4) is 0 Å². The van der Waals surface area contributed by atoms with Gasteiger partial charge in [0.15, 0.2) is 5.71 Å². The number of carboxylic acids is 1. The van der Waals surface area contributed by atoms with Crippen molar-refractivity contribution in [1.82, 2.24) is 0 Å². The van der Waals surface area contributed by atoms with Gasteiger partial charge in [-0.3, -0.25) is 0 Å². The highest BCUT2D eigenvalue weighted by Crippen LogP contribution is 2.01. The van der Waals surface area contributed by atoms with Gasteiger partial charge in [0.2, 0.25) is 5.96 Å². The number of rotatable bonds is 4. The quantitative estimate of drug-likeness (QED) is 0.396. The first-order chi connectivity index (χ1) is 8.09. The van der Waals surface area contributed by atoms with Crippen molar-refractivity contribution in [2.75, 3.05) is 0 Å². The van der Waals surface area contributed by atoms with Crippen LogP contribution in [0.25, 0.3) is 6.08 Å². The number of carboxylic acid groups (broad SMARTS) is 1. The molecular formula is C11H12N4O2. The summed E-state index contributed by atoms with van der Waals surface area (Å²) < 4.78 is 0. The Balaban J connectivity index is 2.89. The monoisotopic (exact) mass is 232 g/mol. The summed E-state index contributed by atoms with van der Waals surface area (Å²) in [6, 6.07) is 9.20. The molecule has 1 aromatic rings. The minimum atomic E-state index is -1.21. The van der Waals surface area contributed by atoms with Crippen LogP contribution in [0.4, 0.5) is 0 Å². The lowest BCUT2D eigenvalue weighted by molar-refractivity contribution is -0.129. The lowest BCUT2D eigenvalue weighted by Gasteiger charge is -1.93. The number of aliphatic carboxylic acids is 1. The van der Waals surface area contributed by atoms with E-state index >= 15 is 0 Å². The Labute approximate surface area is 98.0 Å². The van der Waals surface area contributed by atoms with Gasteiger partial charge in [-0.05, 0) is 11.6 Å². The molecule has 1 aromatic carbocycles. The van der Waals surface area contributed by atoms with Crippen molar-refractivity contribution in [2.24, 2.45) is 21.7 Å². The largest absolute Gasteiger partial charge is 0.476 e. The number of nitrogens with zero attached hydrogens (tertiary/aromatic N) is 2. The van der Waals surface area contributed by atoms with E-state index in [-0.39, 0.29) is 11.7 Å². The first kappa shape index (κ1) is 12.4. The average molecular weight is 232 g/mol. The molecule has 0 bridgehead atoms. The van der Waals surface area contributed by atoms with Crippen LogP contribution in [0.1, 0.15) is 5.56 Å². The summed E-state index contributed by atoms with van der Waals surface area (Å²) in [5.41, 5.74) is 10.7. The van der Waals surface area contributed by atoms with Crippen molar-refractivity contribution in [3.63, 3.8) is 0 Å². The molecule has 0 aromatic heterocycles. The molecule has 88 valence electrons. The standard InChI is InChI=1S/C11H12N4O2/c12-11(13)15-14-9(10(16)17)7-6-8-4-2-1-3-5-8/h1-7H,(H,16,17)(H4,12,13,15)/b7-6?,14-9+. The fourth-order valence-corrected chi connectivity index (χ4v) is 0.998. The first-order valence-corrected chi connectivity index (χ1v) is 4.72. The van der Waals surface area contributed by atoms with Crippen molar-refractivity contribution < 1.29 is 9.90 Å². The molecule has 0 aliphatic carbocycles. The van der Waals surface area contributed by atoms with Gasteiger partial charge < -0.3 is 16.6 Å². The minimum absolute atomic E-state index is 0.248. The molecule has 17 heavy (non-hydrogen) atoms. The molecule has 6 heteroatoms. The molecule has 0 saturated heterocycles. The summed E-state index contributed by atoms with van der Waals surface area (Å²) in [5, 5.41) is 15.5. The van der Waals surface area contributed by atoms with Crippen LogP contribution < -0.4 is 11.5 Å². The van der Waals surface area contributed by atoms with Gasteiger partial charge in [-0.2, -0.15) is 0 Å². The molecule has 0 atom stereocenters. The van der Waals surface area contributed by atoms with E-state index < -0.39 is 5.97 Å². The molecule has 1 rings (SSSR count). The average Bonchev–Trinajstić information content (AvgIpc) is 2.29. The molecule has 0 radical (unpaired) electrons. The lowest BCUT2D eigenvalue weighted by atomic mass is 10.2. The first-order valence-electron chi connectivity index (χ1n) is 4.72. The van der Waals surface area contributed by atoms with E-state index in [2.05, 4.69) is 10.2 Å². The zero-order chi connectivity index (χ0) is 12.7. The molecule has 0 fully saturated rings. The summed E-state index contributed by atoms with van der Waals surface area (Å²) in [4.78, 5) is 10.8. The van der Waals surface area contributed by atoms with Crippen LogP contribution in [0.5, 0.6) is 0 Å². The maximum Gasteiger partial charge on any atom is 0.356 e. The summed E-state index contributed by atoms with van der Waals surface area (Å²) in [7, 11) is 0. The number of nitrogens with two attached hydrogens (primary N) is 2. The van der Waals surface area contributed by atoms with Crippen LogP contribution in [0.3, 0.4) is 0 Å². The van der Waals surface area contributed by atoms with Crippen LogP contribution in [0, 0.1) is 0 Å². The number of hydrogen-bond acceptors (Lipinski definition) is 3. The summed E-state index contributed by atoms with van der Waals surface area (Å²) >= 11 is 0. The molecule has 0 aliphatic heterocycles. The third-order valence-corrected chi connectivity index (χ3v) is 1.73. The normalized spacial score (nSPS) is 11.4. The predicted octanol–water partition coefficient (Wildman–Crippen LogP) is 0.414. The van der Waals surface area contributed by atoms with Crippen LogP contribution in [-0.2, 0) is 4.79 Å². The van der Waals surface area contributed by atoms with E-state index in [1.54, 1.807) is 6.08 Å². The molecule has 0 heterocycles. The van der Waals surface area contributed by atoms with E-state index in [9.17, 15) is 4.79 Å². The van der Waals surface area contributed by atoms with E-state index in [0.717, 1.165) is 5.56 Å². The van der Waals surface area contributed by atoms with Crippen molar-refractivity contribution in [2.45, 2.75) is 0 Å². The number of guanidine groups is 1. The highest BCUT2D eigenvalue weighted by molar-refractivity contribution is 6.41. The smallest absolute Gasteiger partial charge is 0.356 e. The summed E-state index contributed by atoms with van der Waals surface area (Å²) in [6.45, 7) is 0. The number of carbonyl (C=O) groups is 1. The Morgan fingerprint density at radius 2 is 1.82 bits per heavy atom. The molecule has 0 spiro atoms. The molecule has 0 saturated carbocycles. The predicted molar refractivity (Wildman–Crippen MR) is 66.4 cm³/mol. The van der Waals surface area contributed by atoms with Crippen LogP contribution in [-0.4, -0.2) is 22.7 Å². The zero-order valence-electron chi connectivity index (χ0n) is 8.95. The number of benzene rings is 1. The van der Waals surface area contributed by atoms with E-state index in [0.29, 0.717) is 0 Å². The highest BCUT2D eigenvalue weighted by atomic mass is 16.4. The van der Waals surface area contributed by atoms with Gasteiger partial charge in [0, 0.05) is 0 Å². The topological polar surface area (TPSA) is 114 Å². The maximum absolute atomic E-state index is 10.8. The van der Waals surface area contributed by atoms with Crippen LogP contribution in [0.15, 0.2) is 46.6 Å². The lowest BCUT2D eigenvalue weighted by Crippen LogP contribution is -2.22. The maximum atomic E-state index is 10.8. The van der Waals surface area contributed by atoms with Crippen molar-refractivity contribution in [3.05, 3.63) is 42.0 Å². The van der Waals surface area contributed by atoms with Gasteiger partial charge in [0.25, 0.3) is 0 Å². The van der Waals surface area contributed by atoms with Crippen LogP contribution in [0.2, 0.25) is 0 Å². The third kappa shape index (κ3) is 4.61. The van der Waals surface area contributed by atoms with Gasteiger partial charge in [-0.1, -0.05) is 36.4 Å². The Morgan fingerprint density at radius 3 is 2.35 bits per heavy atom. The van der Waals surface area contributed by atoms with Gasteiger partial charge in [-0.25, -0.2) is 4.79 Å². The van der Waals surface area contributed by atoms with E-state index in [1.807, 2.05) is 30.3 Å². The van der Waals surface area contributed by atoms with Crippen molar-refractivity contribution >= 4 is 23.7 Å². The zero-order valence-corrected chi connectivity index (χ0v) is 8.95. The van der Waals surface area contributed by atoms with Crippen LogP contribution >= 0.6 is 0 Å². The SMILES string of the molecule is NC(N)=N/N=C(\C=Cc1ccccc1)C(=O)O. The Kier molecular flexibility index (Phi) is 4.44. The molecule has 0 amide bonds. The second-order valence-corrected chi connectivity index (χ2v) is 3.06. The Morgan fingerprint density at radius 1 is 1.18 bits per heavy atom. The van der Waals surface area contributed by atoms with Crippen molar-refractivity contribution in [1.29, 1.82) is 0 Å². The summed E-state index contributed by atoms with van der Waals surface area (Å²) in [5.74, 6) is -1.50. The Hall–Kier alpha value is -2.63. The molecule has 5 N–H and O–H groups in total. The molecule has 6 nitrogen and oxygen atoms in total. The van der Waals surface area contributed by atoms with Gasteiger partial charge in [0.1, 0.15) is 0 Å². The fourth-order valence-electron chi connectivity index (χ4n) is 0.998. The molecule has 0 unspecified atom stereocenters. The minimum Gasteiger partial charge on any atom is -0.476 e. The molecule has 0 aliphatic rings. The Bertz CT molecular complexity index is 474. The van der Waals surface area contributed by atoms with Gasteiger partial charge in [-0.15, -0.1) is 10.2 Å². The fraction of sp³-hybridized carbons (Fsp3) is 0. The summed E-state index contributed by atoms with van der Waals surface area (Å²) in [6.07, 6.45) is 2.93. The van der Waals surface area contributed by atoms with Gasteiger partial charge in [0.05, 0.1) is 0 Å². The second-order valence-electron chi connectivity index (χ2n) is 3.06. The highest BCUT2D eigenvalue weighted by Gasteiger charge is 2.04. The third-order valence-electron chi connectivity index (χ3n) is 1.73. The van der Waals surface area contributed by atoms with Gasteiger partial charge >= 0.3 is 5.97 Å². The second kappa shape index (κ2) is 6.06. The van der Waals surface area contributed by atoms with E-state index in [1.165, 1.54) is 6.08 Å².